The van der Waals surface area contributed by atoms with Crippen LogP contribution >= 0.6 is 11.3 Å². The van der Waals surface area contributed by atoms with Crippen LogP contribution in [0.5, 0.6) is 5.88 Å². The summed E-state index contributed by atoms with van der Waals surface area (Å²) < 4.78 is 19.4. The molecular formula is C20H26FN3OS. The average molecular weight is 376 g/mol. The van der Waals surface area contributed by atoms with Crippen LogP contribution in [0.1, 0.15) is 44.2 Å². The number of likely N-dealkylation sites (tertiary alicyclic amines) is 1. The summed E-state index contributed by atoms with van der Waals surface area (Å²) in [6.07, 6.45) is 9.61. The summed E-state index contributed by atoms with van der Waals surface area (Å²) in [6.45, 7) is 8.77. The van der Waals surface area contributed by atoms with Crippen molar-refractivity contribution in [1.29, 1.82) is 0 Å². The van der Waals surface area contributed by atoms with Crippen molar-refractivity contribution in [3.63, 3.8) is 0 Å². The SMILES string of the molecule is CC(C)(C)Oc1nccnc1CN1CCC(/C=C/c2sccc2F)CC1. The van der Waals surface area contributed by atoms with Crippen LogP contribution < -0.4 is 4.74 Å². The Kier molecular flexibility index (Phi) is 6.04. The van der Waals surface area contributed by atoms with Crippen molar-refractivity contribution in [2.45, 2.75) is 45.8 Å². The highest BCUT2D eigenvalue weighted by Crippen LogP contribution is 2.25. The van der Waals surface area contributed by atoms with Crippen molar-refractivity contribution in [2.75, 3.05) is 13.1 Å². The number of hydrogen-bond acceptors (Lipinski definition) is 5. The maximum Gasteiger partial charge on any atom is 0.237 e. The summed E-state index contributed by atoms with van der Waals surface area (Å²) in [6, 6.07) is 1.52. The summed E-state index contributed by atoms with van der Waals surface area (Å²) in [4.78, 5) is 11.9. The summed E-state index contributed by atoms with van der Waals surface area (Å²) in [5.74, 6) is 0.993. The lowest BCUT2D eigenvalue weighted by atomic mass is 9.96. The Morgan fingerprint density at radius 3 is 2.65 bits per heavy atom. The third kappa shape index (κ3) is 5.35. The predicted octanol–water partition coefficient (Wildman–Crippen LogP) is 4.78. The smallest absolute Gasteiger partial charge is 0.237 e. The number of allylic oxidation sites excluding steroid dienone is 1. The first-order valence-electron chi connectivity index (χ1n) is 9.03. The van der Waals surface area contributed by atoms with Crippen LogP contribution in [-0.4, -0.2) is 33.6 Å². The molecule has 0 aliphatic carbocycles. The molecule has 0 saturated carbocycles. The van der Waals surface area contributed by atoms with E-state index in [2.05, 4.69) is 20.9 Å². The molecule has 0 amide bonds. The first-order chi connectivity index (χ1) is 12.4. The molecular weight excluding hydrogens is 349 g/mol. The van der Waals surface area contributed by atoms with Gasteiger partial charge in [0, 0.05) is 18.9 Å². The molecule has 2 aromatic heterocycles. The number of thiophene rings is 1. The van der Waals surface area contributed by atoms with Gasteiger partial charge < -0.3 is 4.74 Å². The zero-order chi connectivity index (χ0) is 18.6. The molecule has 0 aromatic carbocycles. The fourth-order valence-electron chi connectivity index (χ4n) is 3.00. The lowest BCUT2D eigenvalue weighted by Crippen LogP contribution is -2.33. The van der Waals surface area contributed by atoms with Gasteiger partial charge in [0.25, 0.3) is 0 Å². The second-order valence-electron chi connectivity index (χ2n) is 7.63. The molecule has 0 radical (unpaired) electrons. The lowest BCUT2D eigenvalue weighted by molar-refractivity contribution is 0.117. The highest BCUT2D eigenvalue weighted by atomic mass is 32.1. The number of hydrogen-bond donors (Lipinski definition) is 0. The van der Waals surface area contributed by atoms with E-state index in [0.717, 1.165) is 43.0 Å². The van der Waals surface area contributed by atoms with Crippen molar-refractivity contribution >= 4 is 17.4 Å². The third-order valence-electron chi connectivity index (χ3n) is 4.31. The summed E-state index contributed by atoms with van der Waals surface area (Å²) in [5.41, 5.74) is 0.594. The second-order valence-corrected chi connectivity index (χ2v) is 8.58. The van der Waals surface area contributed by atoms with Gasteiger partial charge >= 0.3 is 0 Å². The van der Waals surface area contributed by atoms with Crippen molar-refractivity contribution in [2.24, 2.45) is 5.92 Å². The van der Waals surface area contributed by atoms with Crippen LogP contribution in [0.15, 0.2) is 29.9 Å². The number of piperidine rings is 1. The van der Waals surface area contributed by atoms with E-state index in [1.165, 1.54) is 17.4 Å². The van der Waals surface area contributed by atoms with E-state index in [-0.39, 0.29) is 11.4 Å². The molecule has 1 aliphatic rings. The maximum absolute atomic E-state index is 13.5. The number of halogens is 1. The Bertz CT molecular complexity index is 746. The molecule has 0 bridgehead atoms. The predicted molar refractivity (Wildman–Crippen MR) is 104 cm³/mol. The van der Waals surface area contributed by atoms with E-state index in [9.17, 15) is 4.39 Å². The molecule has 6 heteroatoms. The van der Waals surface area contributed by atoms with Crippen LogP contribution in [0.3, 0.4) is 0 Å². The van der Waals surface area contributed by atoms with Crippen molar-refractivity contribution in [3.05, 3.63) is 46.3 Å². The van der Waals surface area contributed by atoms with E-state index >= 15 is 0 Å². The minimum Gasteiger partial charge on any atom is -0.471 e. The van der Waals surface area contributed by atoms with Gasteiger partial charge in [0.05, 0.1) is 4.88 Å². The number of rotatable bonds is 5. The van der Waals surface area contributed by atoms with Crippen LogP contribution in [0.4, 0.5) is 4.39 Å². The minimum absolute atomic E-state index is 0.127. The first-order valence-corrected chi connectivity index (χ1v) is 9.91. The zero-order valence-corrected chi connectivity index (χ0v) is 16.4. The Morgan fingerprint density at radius 2 is 2.00 bits per heavy atom. The van der Waals surface area contributed by atoms with Crippen molar-refractivity contribution < 1.29 is 9.13 Å². The van der Waals surface area contributed by atoms with Gasteiger partial charge in [-0.05, 0) is 70.1 Å². The Hall–Kier alpha value is -1.79. The van der Waals surface area contributed by atoms with Gasteiger partial charge in [-0.2, -0.15) is 0 Å². The molecule has 1 aliphatic heterocycles. The van der Waals surface area contributed by atoms with Gasteiger partial charge in [-0.1, -0.05) is 6.08 Å². The minimum atomic E-state index is -0.292. The van der Waals surface area contributed by atoms with Gasteiger partial charge in [0.2, 0.25) is 5.88 Å². The Labute approximate surface area is 158 Å². The summed E-state index contributed by atoms with van der Waals surface area (Å²) in [5, 5.41) is 1.79. The van der Waals surface area contributed by atoms with Gasteiger partial charge in [-0.3, -0.25) is 9.88 Å². The molecule has 4 nitrogen and oxygen atoms in total. The van der Waals surface area contributed by atoms with E-state index in [1.54, 1.807) is 17.8 Å². The zero-order valence-electron chi connectivity index (χ0n) is 15.6. The van der Waals surface area contributed by atoms with Crippen LogP contribution in [-0.2, 0) is 6.54 Å². The lowest BCUT2D eigenvalue weighted by Gasteiger charge is -2.31. The highest BCUT2D eigenvalue weighted by molar-refractivity contribution is 7.10. The quantitative estimate of drug-likeness (QED) is 0.754. The fraction of sp³-hybridized carbons (Fsp3) is 0.500. The molecule has 26 heavy (non-hydrogen) atoms. The largest absolute Gasteiger partial charge is 0.471 e. The van der Waals surface area contributed by atoms with Crippen LogP contribution in [0.25, 0.3) is 6.08 Å². The summed E-state index contributed by atoms with van der Waals surface area (Å²) in [7, 11) is 0. The van der Waals surface area contributed by atoms with E-state index in [0.29, 0.717) is 11.8 Å². The van der Waals surface area contributed by atoms with Gasteiger partial charge in [0.1, 0.15) is 17.1 Å². The molecule has 1 fully saturated rings. The number of aromatic nitrogens is 2. The molecule has 1 saturated heterocycles. The summed E-state index contributed by atoms with van der Waals surface area (Å²) >= 11 is 1.45. The average Bonchev–Trinajstić information content (AvgIpc) is 3.00. The molecule has 2 aromatic rings. The molecule has 0 N–H and O–H groups in total. The molecule has 0 spiro atoms. The number of ether oxygens (including phenoxy) is 1. The van der Waals surface area contributed by atoms with Crippen molar-refractivity contribution in [3.8, 4) is 5.88 Å². The van der Waals surface area contributed by atoms with Crippen molar-refractivity contribution in [1.82, 2.24) is 14.9 Å². The van der Waals surface area contributed by atoms with Gasteiger partial charge in [-0.25, -0.2) is 9.37 Å². The maximum atomic E-state index is 13.5. The highest BCUT2D eigenvalue weighted by Gasteiger charge is 2.21. The second kappa shape index (κ2) is 8.27. The topological polar surface area (TPSA) is 38.3 Å². The number of nitrogens with zero attached hydrogens (tertiary/aromatic N) is 3. The van der Waals surface area contributed by atoms with E-state index in [1.807, 2.05) is 26.8 Å². The van der Waals surface area contributed by atoms with E-state index in [4.69, 9.17) is 4.74 Å². The molecule has 3 rings (SSSR count). The molecule has 140 valence electrons. The van der Waals surface area contributed by atoms with Crippen LogP contribution in [0, 0.1) is 11.7 Å². The Morgan fingerprint density at radius 1 is 1.27 bits per heavy atom. The molecule has 0 unspecified atom stereocenters. The van der Waals surface area contributed by atoms with Gasteiger partial charge in [-0.15, -0.1) is 11.3 Å². The Balaban J connectivity index is 1.55. The van der Waals surface area contributed by atoms with Crippen LogP contribution in [0.2, 0.25) is 0 Å². The van der Waals surface area contributed by atoms with E-state index < -0.39 is 0 Å². The first kappa shape index (κ1) is 19.0. The molecule has 3 heterocycles. The molecule has 0 atom stereocenters. The van der Waals surface area contributed by atoms with Gasteiger partial charge in [0.15, 0.2) is 0 Å². The fourth-order valence-corrected chi connectivity index (χ4v) is 3.67. The monoisotopic (exact) mass is 375 g/mol. The standard InChI is InChI=1S/C20H26FN3OS/c1-20(2,3)25-19-17(22-9-10-23-19)14-24-11-6-15(7-12-24)4-5-18-16(21)8-13-26-18/h4-5,8-10,13,15H,6-7,11-12,14H2,1-3H3/b5-4+. The third-order valence-corrected chi connectivity index (χ3v) is 5.17. The normalized spacial score (nSPS) is 17.1.